The van der Waals surface area contributed by atoms with Crippen LogP contribution in [0.2, 0.25) is 0 Å². The highest BCUT2D eigenvalue weighted by Crippen LogP contribution is 2.44. The van der Waals surface area contributed by atoms with E-state index in [1.165, 1.54) is 26.4 Å². The number of hydrogen-bond donors (Lipinski definition) is 7. The van der Waals surface area contributed by atoms with Gasteiger partial charge in [0.05, 0.1) is 14.2 Å². The smallest absolute Gasteiger partial charge is 0.239 e. The molecule has 0 bridgehead atoms. The molecule has 5 unspecified atom stereocenters. The van der Waals surface area contributed by atoms with Gasteiger partial charge in [0, 0.05) is 17.7 Å². The molecule has 2 aromatic carbocycles. The van der Waals surface area contributed by atoms with Gasteiger partial charge >= 0.3 is 0 Å². The number of aromatic hydroxyl groups is 3. The van der Waals surface area contributed by atoms with Crippen LogP contribution in [-0.2, 0) is 9.62 Å². The molecule has 3 aromatic rings. The molecule has 14 heteroatoms. The van der Waals surface area contributed by atoms with Gasteiger partial charge in [-0.2, -0.15) is 0 Å². The molecule has 0 spiro atoms. The van der Waals surface area contributed by atoms with Crippen LogP contribution in [-0.4, -0.2) is 81.0 Å². The van der Waals surface area contributed by atoms with Crippen molar-refractivity contribution >= 4 is 11.0 Å². The van der Waals surface area contributed by atoms with Crippen LogP contribution in [0.3, 0.4) is 0 Å². The first-order chi connectivity index (χ1) is 17.1. The van der Waals surface area contributed by atoms with Crippen LogP contribution in [0.5, 0.6) is 34.5 Å². The number of phenolic OH excluding ortho intramolecular Hbond substituents is 3. The van der Waals surface area contributed by atoms with E-state index in [0.717, 1.165) is 12.1 Å². The largest absolute Gasteiger partial charge is 0.508 e. The summed E-state index contributed by atoms with van der Waals surface area (Å²) in [7, 11) is 2.52. The van der Waals surface area contributed by atoms with Crippen molar-refractivity contribution in [1.82, 2.24) is 0 Å². The average molecular weight is 510 g/mol. The Labute approximate surface area is 201 Å². The average Bonchev–Trinajstić information content (AvgIpc) is 2.85. The van der Waals surface area contributed by atoms with Crippen molar-refractivity contribution in [2.45, 2.75) is 30.9 Å². The summed E-state index contributed by atoms with van der Waals surface area (Å²) in [5, 5.41) is 69.2. The zero-order valence-corrected chi connectivity index (χ0v) is 18.7. The lowest BCUT2D eigenvalue weighted by Crippen LogP contribution is -2.59. The summed E-state index contributed by atoms with van der Waals surface area (Å²) in [5.74, 6) is -2.63. The van der Waals surface area contributed by atoms with Gasteiger partial charge < -0.3 is 54.0 Å². The summed E-state index contributed by atoms with van der Waals surface area (Å²) in [6.45, 7) is 0. The molecule has 2 heterocycles. The summed E-state index contributed by atoms with van der Waals surface area (Å²) in [6, 6.07) is 4.46. The van der Waals surface area contributed by atoms with Gasteiger partial charge in [0.2, 0.25) is 29.5 Å². The second-order valence-corrected chi connectivity index (χ2v) is 7.72. The molecular weight excluding hydrogens is 488 g/mol. The Hall–Kier alpha value is -3.79. The van der Waals surface area contributed by atoms with Crippen molar-refractivity contribution < 1.29 is 64.1 Å². The van der Waals surface area contributed by atoms with Crippen LogP contribution < -0.4 is 19.6 Å². The van der Waals surface area contributed by atoms with E-state index in [0.29, 0.717) is 0 Å². The van der Waals surface area contributed by atoms with E-state index in [1.807, 2.05) is 0 Å². The fraction of sp³-hybridized carbons (Fsp3) is 0.318. The second kappa shape index (κ2) is 9.69. The van der Waals surface area contributed by atoms with Crippen LogP contribution in [0, 0.1) is 0 Å². The third kappa shape index (κ3) is 4.21. The Balaban J connectivity index is 1.96. The van der Waals surface area contributed by atoms with Gasteiger partial charge in [0.15, 0.2) is 17.3 Å². The van der Waals surface area contributed by atoms with Gasteiger partial charge in [-0.05, 0) is 12.1 Å². The molecule has 194 valence electrons. The second-order valence-electron chi connectivity index (χ2n) is 7.72. The number of phenols is 3. The quantitative estimate of drug-likeness (QED) is 0.174. The summed E-state index contributed by atoms with van der Waals surface area (Å²) < 4.78 is 26.7. The summed E-state index contributed by atoms with van der Waals surface area (Å²) >= 11 is 0. The molecule has 7 N–H and O–H groups in total. The van der Waals surface area contributed by atoms with Crippen molar-refractivity contribution in [2.24, 2.45) is 0 Å². The highest BCUT2D eigenvalue weighted by molar-refractivity contribution is 5.88. The lowest BCUT2D eigenvalue weighted by atomic mass is 10.0. The normalized spacial score (nSPS) is 24.0. The van der Waals surface area contributed by atoms with Crippen LogP contribution in [0.25, 0.3) is 22.3 Å². The van der Waals surface area contributed by atoms with Crippen LogP contribution >= 0.6 is 0 Å². The number of benzene rings is 2. The SMILES string of the molecule is COc1cc(-c2oc3cc(O)cc(O)c3c(=O)c2OC2OC(OO)C(O)C(O)C2O)cc(OC)c1O. The Bertz CT molecular complexity index is 1310. The van der Waals surface area contributed by atoms with Gasteiger partial charge in [-0.25, -0.2) is 10.1 Å². The number of ether oxygens (including phenoxy) is 4. The van der Waals surface area contributed by atoms with E-state index in [1.54, 1.807) is 0 Å². The molecule has 36 heavy (non-hydrogen) atoms. The topological polar surface area (TPSA) is 218 Å². The minimum Gasteiger partial charge on any atom is -0.508 e. The Morgan fingerprint density at radius 1 is 0.861 bits per heavy atom. The number of methoxy groups -OCH3 is 2. The Morgan fingerprint density at radius 2 is 1.47 bits per heavy atom. The van der Waals surface area contributed by atoms with Gasteiger partial charge in [0.1, 0.15) is 40.8 Å². The summed E-state index contributed by atoms with van der Waals surface area (Å²) in [4.78, 5) is 17.4. The zero-order valence-electron chi connectivity index (χ0n) is 18.7. The molecule has 0 saturated carbocycles. The molecule has 1 aliphatic heterocycles. The first-order valence-electron chi connectivity index (χ1n) is 10.3. The Morgan fingerprint density at radius 3 is 2.06 bits per heavy atom. The third-order valence-corrected chi connectivity index (χ3v) is 5.52. The number of aliphatic hydroxyl groups excluding tert-OH is 3. The number of aliphatic hydroxyl groups is 3. The van der Waals surface area contributed by atoms with Crippen LogP contribution in [0.4, 0.5) is 0 Å². The van der Waals surface area contributed by atoms with E-state index >= 15 is 0 Å². The number of fused-ring (bicyclic) bond motifs is 1. The first-order valence-corrected chi connectivity index (χ1v) is 10.3. The predicted octanol–water partition coefficient (Wildman–Crippen LogP) is 0.228. The lowest BCUT2D eigenvalue weighted by molar-refractivity contribution is -0.420. The minimum absolute atomic E-state index is 0.0409. The van der Waals surface area contributed by atoms with Gasteiger partial charge in [-0.15, -0.1) is 0 Å². The van der Waals surface area contributed by atoms with Crippen molar-refractivity contribution in [3.8, 4) is 45.8 Å². The van der Waals surface area contributed by atoms with Crippen LogP contribution in [0.1, 0.15) is 0 Å². The predicted molar refractivity (Wildman–Crippen MR) is 117 cm³/mol. The third-order valence-electron chi connectivity index (χ3n) is 5.52. The molecule has 4 rings (SSSR count). The molecular formula is C22H22O14. The molecule has 0 radical (unpaired) electrons. The first kappa shape index (κ1) is 25.3. The molecule has 1 aliphatic rings. The maximum atomic E-state index is 13.4. The fourth-order valence-electron chi connectivity index (χ4n) is 3.71. The maximum Gasteiger partial charge on any atom is 0.239 e. The van der Waals surface area contributed by atoms with E-state index in [-0.39, 0.29) is 34.2 Å². The lowest BCUT2D eigenvalue weighted by Gasteiger charge is -2.38. The molecule has 14 nitrogen and oxygen atoms in total. The van der Waals surface area contributed by atoms with Gasteiger partial charge in [0.25, 0.3) is 0 Å². The highest BCUT2D eigenvalue weighted by atomic mass is 17.1. The molecule has 0 amide bonds. The van der Waals surface area contributed by atoms with Gasteiger partial charge in [-0.3, -0.25) is 4.79 Å². The van der Waals surface area contributed by atoms with Crippen molar-refractivity contribution in [3.63, 3.8) is 0 Å². The minimum atomic E-state index is -1.94. The monoisotopic (exact) mass is 510 g/mol. The summed E-state index contributed by atoms with van der Waals surface area (Å²) in [6.07, 6.45) is -9.47. The van der Waals surface area contributed by atoms with Gasteiger partial charge in [-0.1, -0.05) is 0 Å². The van der Waals surface area contributed by atoms with Crippen LogP contribution in [0.15, 0.2) is 33.5 Å². The molecule has 1 aromatic heterocycles. The van der Waals surface area contributed by atoms with E-state index in [9.17, 15) is 35.4 Å². The standard InChI is InChI=1S/C22H22O14/c1-31-11-3-7(4-12(32-2)14(11)25)19-20(15(26)13-9(24)5-8(23)6-10(13)33-19)34-21-17(28)16(27)18(29)22(35-21)36-30/h3-6,16-18,21-25,27-30H,1-2H3. The van der Waals surface area contributed by atoms with E-state index < -0.39 is 59.0 Å². The summed E-state index contributed by atoms with van der Waals surface area (Å²) in [5.41, 5.74) is -1.21. The highest BCUT2D eigenvalue weighted by Gasteiger charge is 2.46. The maximum absolute atomic E-state index is 13.4. The molecule has 1 saturated heterocycles. The van der Waals surface area contributed by atoms with E-state index in [4.69, 9.17) is 28.6 Å². The van der Waals surface area contributed by atoms with Crippen molar-refractivity contribution in [3.05, 3.63) is 34.5 Å². The Kier molecular flexibility index (Phi) is 6.81. The number of rotatable bonds is 6. The van der Waals surface area contributed by atoms with Crippen molar-refractivity contribution in [1.29, 1.82) is 0 Å². The van der Waals surface area contributed by atoms with E-state index in [2.05, 4.69) is 4.89 Å². The molecule has 1 fully saturated rings. The number of hydrogen-bond acceptors (Lipinski definition) is 14. The molecule has 0 aliphatic carbocycles. The zero-order chi connectivity index (χ0) is 26.3. The fourth-order valence-corrected chi connectivity index (χ4v) is 3.71. The molecule has 5 atom stereocenters. The van der Waals surface area contributed by atoms with Crippen molar-refractivity contribution in [2.75, 3.05) is 14.2 Å².